The number of hydrogen-bond acceptors (Lipinski definition) is 4. The molecule has 1 unspecified atom stereocenters. The van der Waals surface area contributed by atoms with Gasteiger partial charge in [0.05, 0.1) is 4.92 Å². The van der Waals surface area contributed by atoms with E-state index in [0.717, 1.165) is 13.0 Å². The molecule has 1 amide bonds. The Balaban J connectivity index is 2.24. The number of para-hydroxylation sites is 1. The van der Waals surface area contributed by atoms with Gasteiger partial charge in [0, 0.05) is 12.6 Å². The number of carbonyl (C=O) groups is 1. The van der Waals surface area contributed by atoms with Gasteiger partial charge in [-0.05, 0) is 25.1 Å². The molecule has 0 aliphatic carbocycles. The molecule has 1 atom stereocenters. The van der Waals surface area contributed by atoms with E-state index in [9.17, 15) is 14.9 Å². The highest BCUT2D eigenvalue weighted by Crippen LogP contribution is 2.28. The van der Waals surface area contributed by atoms with Gasteiger partial charge in [0.15, 0.2) is 0 Å². The van der Waals surface area contributed by atoms with Crippen LogP contribution in [0.3, 0.4) is 0 Å². The number of nitro groups is 1. The van der Waals surface area contributed by atoms with Crippen molar-refractivity contribution in [3.63, 3.8) is 0 Å². The molecule has 1 heterocycles. The molecule has 1 aliphatic rings. The van der Waals surface area contributed by atoms with Crippen molar-refractivity contribution in [3.8, 4) is 0 Å². The van der Waals surface area contributed by atoms with E-state index in [0.29, 0.717) is 6.54 Å². The minimum absolute atomic E-state index is 0.000556. The highest BCUT2D eigenvalue weighted by molar-refractivity contribution is 6.33. The van der Waals surface area contributed by atoms with Crippen molar-refractivity contribution in [3.05, 3.63) is 38.9 Å². The van der Waals surface area contributed by atoms with E-state index in [4.69, 9.17) is 11.6 Å². The van der Waals surface area contributed by atoms with Crippen LogP contribution in [-0.2, 0) is 0 Å². The van der Waals surface area contributed by atoms with Crippen molar-refractivity contribution in [1.82, 2.24) is 10.6 Å². The molecule has 1 aliphatic heterocycles. The van der Waals surface area contributed by atoms with Crippen LogP contribution in [0.1, 0.15) is 16.8 Å². The van der Waals surface area contributed by atoms with Crippen LogP contribution in [0, 0.1) is 10.1 Å². The van der Waals surface area contributed by atoms with Gasteiger partial charge in [-0.1, -0.05) is 17.7 Å². The monoisotopic (exact) mass is 269 g/mol. The molecule has 2 N–H and O–H groups in total. The van der Waals surface area contributed by atoms with Crippen molar-refractivity contribution in [2.24, 2.45) is 0 Å². The number of benzene rings is 1. The number of nitro benzene ring substituents is 1. The fourth-order valence-electron chi connectivity index (χ4n) is 1.93. The number of nitrogens with one attached hydrogen (secondary N) is 2. The van der Waals surface area contributed by atoms with Crippen LogP contribution in [0.5, 0.6) is 0 Å². The zero-order chi connectivity index (χ0) is 13.1. The van der Waals surface area contributed by atoms with Crippen molar-refractivity contribution in [1.29, 1.82) is 0 Å². The summed E-state index contributed by atoms with van der Waals surface area (Å²) in [6, 6.07) is 4.34. The SMILES string of the molecule is O=C(NC1CCNC1)c1cccc(Cl)c1[N+](=O)[O-]. The van der Waals surface area contributed by atoms with Crippen molar-refractivity contribution in [2.45, 2.75) is 12.5 Å². The molecular weight excluding hydrogens is 258 g/mol. The fraction of sp³-hybridized carbons (Fsp3) is 0.364. The molecule has 0 saturated carbocycles. The zero-order valence-corrected chi connectivity index (χ0v) is 10.2. The topological polar surface area (TPSA) is 84.3 Å². The normalized spacial score (nSPS) is 18.6. The minimum atomic E-state index is -0.635. The highest BCUT2D eigenvalue weighted by Gasteiger charge is 2.25. The molecule has 7 heteroatoms. The standard InChI is InChI=1S/C11H12ClN3O3/c12-9-3-1-2-8(10(9)15(17)18)11(16)14-7-4-5-13-6-7/h1-3,7,13H,4-6H2,(H,14,16). The van der Waals surface area contributed by atoms with Crippen LogP contribution in [0.25, 0.3) is 0 Å². The maximum Gasteiger partial charge on any atom is 0.300 e. The molecule has 1 aromatic rings. The van der Waals surface area contributed by atoms with Gasteiger partial charge < -0.3 is 10.6 Å². The first kappa shape index (κ1) is 12.8. The van der Waals surface area contributed by atoms with Gasteiger partial charge in [0.25, 0.3) is 5.91 Å². The van der Waals surface area contributed by atoms with E-state index in [1.165, 1.54) is 18.2 Å². The summed E-state index contributed by atoms with van der Waals surface area (Å²) >= 11 is 5.75. The number of carbonyl (C=O) groups excluding carboxylic acids is 1. The molecular formula is C11H12ClN3O3. The van der Waals surface area contributed by atoms with E-state index in [-0.39, 0.29) is 22.3 Å². The van der Waals surface area contributed by atoms with E-state index < -0.39 is 10.8 Å². The van der Waals surface area contributed by atoms with Crippen LogP contribution < -0.4 is 10.6 Å². The van der Waals surface area contributed by atoms with E-state index >= 15 is 0 Å². The van der Waals surface area contributed by atoms with Gasteiger partial charge in [-0.2, -0.15) is 0 Å². The number of halogens is 1. The molecule has 0 aromatic heterocycles. The van der Waals surface area contributed by atoms with Gasteiger partial charge in [-0.3, -0.25) is 14.9 Å². The zero-order valence-electron chi connectivity index (χ0n) is 9.48. The first-order valence-corrected chi connectivity index (χ1v) is 5.92. The molecule has 0 spiro atoms. The Labute approximate surface area is 108 Å². The Morgan fingerprint density at radius 2 is 2.33 bits per heavy atom. The van der Waals surface area contributed by atoms with Crippen LogP contribution >= 0.6 is 11.6 Å². The summed E-state index contributed by atoms with van der Waals surface area (Å²) in [7, 11) is 0. The molecule has 2 rings (SSSR count). The number of hydrogen-bond donors (Lipinski definition) is 2. The lowest BCUT2D eigenvalue weighted by Crippen LogP contribution is -2.36. The maximum atomic E-state index is 12.0. The lowest BCUT2D eigenvalue weighted by atomic mass is 10.1. The van der Waals surface area contributed by atoms with Gasteiger partial charge >= 0.3 is 5.69 Å². The first-order chi connectivity index (χ1) is 8.59. The minimum Gasteiger partial charge on any atom is -0.348 e. The summed E-state index contributed by atoms with van der Waals surface area (Å²) in [5.41, 5.74) is -0.345. The second-order valence-electron chi connectivity index (χ2n) is 4.06. The highest BCUT2D eigenvalue weighted by atomic mass is 35.5. The van der Waals surface area contributed by atoms with Gasteiger partial charge in [0.2, 0.25) is 0 Å². The average molecular weight is 270 g/mol. The van der Waals surface area contributed by atoms with Crippen molar-refractivity contribution in [2.75, 3.05) is 13.1 Å². The predicted molar refractivity (Wildman–Crippen MR) is 66.8 cm³/mol. The molecule has 0 radical (unpaired) electrons. The second kappa shape index (κ2) is 5.32. The fourth-order valence-corrected chi connectivity index (χ4v) is 2.17. The third kappa shape index (κ3) is 2.60. The lowest BCUT2D eigenvalue weighted by molar-refractivity contribution is -0.385. The Bertz CT molecular complexity index is 486. The van der Waals surface area contributed by atoms with Gasteiger partial charge in [-0.25, -0.2) is 0 Å². The third-order valence-electron chi connectivity index (χ3n) is 2.81. The van der Waals surface area contributed by atoms with E-state index in [1.54, 1.807) is 0 Å². The number of rotatable bonds is 3. The van der Waals surface area contributed by atoms with Gasteiger partial charge in [-0.15, -0.1) is 0 Å². The molecule has 18 heavy (non-hydrogen) atoms. The third-order valence-corrected chi connectivity index (χ3v) is 3.11. The first-order valence-electron chi connectivity index (χ1n) is 5.54. The van der Waals surface area contributed by atoms with E-state index in [1.807, 2.05) is 0 Å². The molecule has 1 aromatic carbocycles. The largest absolute Gasteiger partial charge is 0.348 e. The Kier molecular flexibility index (Phi) is 3.78. The van der Waals surface area contributed by atoms with Crippen molar-refractivity contribution < 1.29 is 9.72 Å². The van der Waals surface area contributed by atoms with Crippen molar-refractivity contribution >= 4 is 23.2 Å². The predicted octanol–water partition coefficient (Wildman–Crippen LogP) is 1.34. The van der Waals surface area contributed by atoms with Crippen LogP contribution in [0.15, 0.2) is 18.2 Å². The Morgan fingerprint density at radius 3 is 2.94 bits per heavy atom. The maximum absolute atomic E-state index is 12.0. The Morgan fingerprint density at radius 1 is 1.56 bits per heavy atom. The molecule has 96 valence electrons. The second-order valence-corrected chi connectivity index (χ2v) is 4.46. The molecule has 0 bridgehead atoms. The summed E-state index contributed by atoms with van der Waals surface area (Å²) in [6.07, 6.45) is 0.820. The quantitative estimate of drug-likeness (QED) is 0.641. The van der Waals surface area contributed by atoms with E-state index in [2.05, 4.69) is 10.6 Å². The van der Waals surface area contributed by atoms with Gasteiger partial charge in [0.1, 0.15) is 10.6 Å². The number of amides is 1. The smallest absolute Gasteiger partial charge is 0.300 e. The summed E-state index contributed by atoms with van der Waals surface area (Å²) < 4.78 is 0. The van der Waals surface area contributed by atoms with Crippen LogP contribution in [0.2, 0.25) is 5.02 Å². The Hall–Kier alpha value is -1.66. The average Bonchev–Trinajstić information content (AvgIpc) is 2.80. The van der Waals surface area contributed by atoms with Crippen LogP contribution in [0.4, 0.5) is 5.69 Å². The lowest BCUT2D eigenvalue weighted by Gasteiger charge is -2.11. The molecule has 1 fully saturated rings. The summed E-state index contributed by atoms with van der Waals surface area (Å²) in [4.78, 5) is 22.3. The molecule has 1 saturated heterocycles. The number of nitrogens with zero attached hydrogens (tertiary/aromatic N) is 1. The summed E-state index contributed by atoms with van der Waals surface area (Å²) in [5.74, 6) is -0.460. The molecule has 6 nitrogen and oxygen atoms in total. The summed E-state index contributed by atoms with van der Waals surface area (Å²) in [6.45, 7) is 1.52. The summed E-state index contributed by atoms with van der Waals surface area (Å²) in [5, 5.41) is 16.7. The van der Waals surface area contributed by atoms with Crippen LogP contribution in [-0.4, -0.2) is 30.0 Å².